The van der Waals surface area contributed by atoms with Gasteiger partial charge in [-0.3, -0.25) is 4.79 Å². The van der Waals surface area contributed by atoms with Crippen molar-refractivity contribution in [2.45, 2.75) is 26.8 Å². The highest BCUT2D eigenvalue weighted by atomic mass is 19.3. The molecule has 5 nitrogen and oxygen atoms in total. The summed E-state index contributed by atoms with van der Waals surface area (Å²) in [7, 11) is 0. The van der Waals surface area contributed by atoms with Crippen LogP contribution in [0.2, 0.25) is 0 Å². The third-order valence-corrected chi connectivity index (χ3v) is 2.13. The first-order valence-electron chi connectivity index (χ1n) is 4.69. The fourth-order valence-electron chi connectivity index (χ4n) is 1.21. The molecule has 0 aliphatic heterocycles. The molecule has 1 aromatic rings. The number of aliphatic hydroxyl groups is 1. The molecule has 7 heteroatoms. The molecule has 0 radical (unpaired) electrons. The van der Waals surface area contributed by atoms with Crippen LogP contribution in [0.3, 0.4) is 0 Å². The molecule has 1 heterocycles. The standard InChI is InChI=1S/C9H13F2N3O2/c1-9(2,5-16)4-14-7(8(10)11)6(3-15)12-13-14/h3,8,16H,4-5H2,1-2H3. The number of nitrogens with zero attached hydrogens (tertiary/aromatic N) is 3. The van der Waals surface area contributed by atoms with Gasteiger partial charge in [-0.1, -0.05) is 19.1 Å². The van der Waals surface area contributed by atoms with Crippen molar-refractivity contribution in [3.8, 4) is 0 Å². The number of carbonyl (C=O) groups excluding carboxylic acids is 1. The first-order valence-corrected chi connectivity index (χ1v) is 4.69. The first kappa shape index (κ1) is 12.7. The summed E-state index contributed by atoms with van der Waals surface area (Å²) in [4.78, 5) is 10.5. The third-order valence-electron chi connectivity index (χ3n) is 2.13. The van der Waals surface area contributed by atoms with Crippen molar-refractivity contribution in [2.75, 3.05) is 6.61 Å². The smallest absolute Gasteiger partial charge is 0.282 e. The molecule has 0 amide bonds. The maximum absolute atomic E-state index is 12.7. The molecular formula is C9H13F2N3O2. The fraction of sp³-hybridized carbons (Fsp3) is 0.667. The molecule has 0 aromatic carbocycles. The van der Waals surface area contributed by atoms with Gasteiger partial charge in [0, 0.05) is 12.0 Å². The molecule has 1 rings (SSSR count). The SMILES string of the molecule is CC(C)(CO)Cn1nnc(C=O)c1C(F)F. The fourth-order valence-corrected chi connectivity index (χ4v) is 1.21. The van der Waals surface area contributed by atoms with Gasteiger partial charge in [-0.25, -0.2) is 13.5 Å². The Morgan fingerprint density at radius 2 is 2.19 bits per heavy atom. The zero-order valence-electron chi connectivity index (χ0n) is 9.02. The van der Waals surface area contributed by atoms with Crippen LogP contribution in [0.4, 0.5) is 8.78 Å². The lowest BCUT2D eigenvalue weighted by Gasteiger charge is -2.21. The summed E-state index contributed by atoms with van der Waals surface area (Å²) in [6, 6.07) is 0. The van der Waals surface area contributed by atoms with E-state index in [1.54, 1.807) is 13.8 Å². The van der Waals surface area contributed by atoms with E-state index in [9.17, 15) is 13.6 Å². The summed E-state index contributed by atoms with van der Waals surface area (Å²) in [6.07, 6.45) is -2.57. The van der Waals surface area contributed by atoms with E-state index in [2.05, 4.69) is 10.3 Å². The second kappa shape index (κ2) is 4.65. The minimum Gasteiger partial charge on any atom is -0.396 e. The lowest BCUT2D eigenvalue weighted by Crippen LogP contribution is -2.25. The summed E-state index contributed by atoms with van der Waals surface area (Å²) in [6.45, 7) is 3.30. The minimum absolute atomic E-state index is 0.0734. The largest absolute Gasteiger partial charge is 0.396 e. The monoisotopic (exact) mass is 233 g/mol. The van der Waals surface area contributed by atoms with E-state index in [1.807, 2.05) is 0 Å². The molecule has 16 heavy (non-hydrogen) atoms. The van der Waals surface area contributed by atoms with E-state index < -0.39 is 17.5 Å². The lowest BCUT2D eigenvalue weighted by atomic mass is 9.95. The lowest BCUT2D eigenvalue weighted by molar-refractivity contribution is 0.106. The molecule has 0 unspecified atom stereocenters. The number of aliphatic hydroxyl groups excluding tert-OH is 1. The summed E-state index contributed by atoms with van der Waals surface area (Å²) < 4.78 is 26.3. The minimum atomic E-state index is -2.82. The van der Waals surface area contributed by atoms with Crippen LogP contribution in [0.1, 0.15) is 36.5 Å². The Bertz CT molecular complexity index is 377. The number of hydrogen-bond donors (Lipinski definition) is 1. The summed E-state index contributed by atoms with van der Waals surface area (Å²) in [5, 5.41) is 15.9. The second-order valence-electron chi connectivity index (χ2n) is 4.26. The van der Waals surface area contributed by atoms with Gasteiger partial charge in [-0.2, -0.15) is 0 Å². The van der Waals surface area contributed by atoms with E-state index in [1.165, 1.54) is 0 Å². The average molecular weight is 233 g/mol. The summed E-state index contributed by atoms with van der Waals surface area (Å²) in [5.74, 6) is 0. The van der Waals surface area contributed by atoms with Crippen LogP contribution in [0.25, 0.3) is 0 Å². The van der Waals surface area contributed by atoms with Crippen LogP contribution in [-0.2, 0) is 6.54 Å². The maximum atomic E-state index is 12.7. The van der Waals surface area contributed by atoms with Gasteiger partial charge >= 0.3 is 0 Å². The zero-order chi connectivity index (χ0) is 12.3. The van der Waals surface area contributed by atoms with E-state index in [-0.39, 0.29) is 25.1 Å². The number of aldehydes is 1. The van der Waals surface area contributed by atoms with E-state index in [0.717, 1.165) is 4.68 Å². The summed E-state index contributed by atoms with van der Waals surface area (Å²) >= 11 is 0. The Hall–Kier alpha value is -1.37. The van der Waals surface area contributed by atoms with Crippen molar-refractivity contribution in [1.82, 2.24) is 15.0 Å². The molecule has 0 saturated heterocycles. The molecule has 0 fully saturated rings. The van der Waals surface area contributed by atoms with Crippen molar-refractivity contribution in [2.24, 2.45) is 5.41 Å². The Kier molecular flexibility index (Phi) is 3.69. The van der Waals surface area contributed by atoms with Gasteiger partial charge in [0.15, 0.2) is 12.0 Å². The number of hydrogen-bond acceptors (Lipinski definition) is 4. The molecule has 0 atom stereocenters. The highest BCUT2D eigenvalue weighted by molar-refractivity contribution is 5.73. The first-order chi connectivity index (χ1) is 7.41. The van der Waals surface area contributed by atoms with E-state index in [4.69, 9.17) is 5.11 Å². The summed E-state index contributed by atoms with van der Waals surface area (Å²) in [5.41, 5.74) is -1.46. The highest BCUT2D eigenvalue weighted by Crippen LogP contribution is 2.24. The molecule has 0 aliphatic carbocycles. The Balaban J connectivity index is 3.05. The molecule has 0 spiro atoms. The van der Waals surface area contributed by atoms with Crippen molar-refractivity contribution in [3.63, 3.8) is 0 Å². The number of carbonyl (C=O) groups is 1. The van der Waals surface area contributed by atoms with E-state index >= 15 is 0 Å². The van der Waals surface area contributed by atoms with Gasteiger partial charge in [-0.15, -0.1) is 5.10 Å². The number of halogens is 2. The van der Waals surface area contributed by atoms with Crippen LogP contribution in [0, 0.1) is 5.41 Å². The molecule has 1 aromatic heterocycles. The van der Waals surface area contributed by atoms with Gasteiger partial charge in [-0.05, 0) is 0 Å². The Morgan fingerprint density at radius 3 is 2.62 bits per heavy atom. The number of aromatic nitrogens is 3. The van der Waals surface area contributed by atoms with Crippen LogP contribution in [0.5, 0.6) is 0 Å². The maximum Gasteiger partial charge on any atom is 0.282 e. The number of rotatable bonds is 5. The van der Waals surface area contributed by atoms with Crippen molar-refractivity contribution in [1.29, 1.82) is 0 Å². The predicted molar refractivity (Wildman–Crippen MR) is 51.2 cm³/mol. The molecule has 0 aliphatic rings. The topological polar surface area (TPSA) is 68.0 Å². The van der Waals surface area contributed by atoms with Crippen LogP contribution >= 0.6 is 0 Å². The van der Waals surface area contributed by atoms with E-state index in [0.29, 0.717) is 0 Å². The molecule has 1 N–H and O–H groups in total. The predicted octanol–water partition coefficient (Wildman–Crippen LogP) is 1.05. The van der Waals surface area contributed by atoms with Crippen LogP contribution in [0.15, 0.2) is 0 Å². The van der Waals surface area contributed by atoms with Crippen molar-refractivity contribution >= 4 is 6.29 Å². The Morgan fingerprint density at radius 1 is 1.56 bits per heavy atom. The van der Waals surface area contributed by atoms with Gasteiger partial charge in [0.2, 0.25) is 0 Å². The molecule has 0 bridgehead atoms. The molecule has 0 saturated carbocycles. The van der Waals surface area contributed by atoms with Crippen molar-refractivity contribution < 1.29 is 18.7 Å². The van der Waals surface area contributed by atoms with Crippen molar-refractivity contribution in [3.05, 3.63) is 11.4 Å². The number of alkyl halides is 2. The third kappa shape index (κ3) is 2.60. The second-order valence-corrected chi connectivity index (χ2v) is 4.26. The van der Waals surface area contributed by atoms with Crippen LogP contribution in [-0.4, -0.2) is 33.0 Å². The highest BCUT2D eigenvalue weighted by Gasteiger charge is 2.26. The Labute approximate surface area is 91.1 Å². The zero-order valence-corrected chi connectivity index (χ0v) is 9.02. The van der Waals surface area contributed by atoms with Gasteiger partial charge in [0.1, 0.15) is 5.69 Å². The quantitative estimate of drug-likeness (QED) is 0.772. The molecule has 90 valence electrons. The average Bonchev–Trinajstić information content (AvgIpc) is 2.60. The van der Waals surface area contributed by atoms with Gasteiger partial charge < -0.3 is 5.11 Å². The van der Waals surface area contributed by atoms with Crippen LogP contribution < -0.4 is 0 Å². The van der Waals surface area contributed by atoms with Gasteiger partial charge in [0.05, 0.1) is 6.54 Å². The van der Waals surface area contributed by atoms with Gasteiger partial charge in [0.25, 0.3) is 6.43 Å². The molecular weight excluding hydrogens is 220 g/mol. The normalized spacial score (nSPS) is 12.1.